The summed E-state index contributed by atoms with van der Waals surface area (Å²) in [5.74, 6) is 1.07. The molecule has 0 radical (unpaired) electrons. The molecule has 0 aromatic heterocycles. The monoisotopic (exact) mass is 383 g/mol. The molecular weight excluding hydrogens is 358 g/mol. The summed E-state index contributed by atoms with van der Waals surface area (Å²) >= 11 is 0. The Kier molecular flexibility index (Phi) is 6.16. The van der Waals surface area contributed by atoms with Crippen molar-refractivity contribution in [3.05, 3.63) is 53.6 Å². The van der Waals surface area contributed by atoms with Crippen LogP contribution in [0.3, 0.4) is 0 Å². The van der Waals surface area contributed by atoms with Gasteiger partial charge in [-0.3, -0.25) is 14.5 Å². The van der Waals surface area contributed by atoms with E-state index in [1.807, 2.05) is 56.3 Å². The molecule has 2 aromatic rings. The lowest BCUT2D eigenvalue weighted by Gasteiger charge is -2.19. The lowest BCUT2D eigenvalue weighted by atomic mass is 10.1. The molecule has 1 atom stereocenters. The van der Waals surface area contributed by atoms with Crippen molar-refractivity contribution in [2.24, 2.45) is 0 Å². The van der Waals surface area contributed by atoms with Crippen LogP contribution in [0.25, 0.3) is 0 Å². The molecule has 3 rings (SSSR count). The van der Waals surface area contributed by atoms with Crippen LogP contribution < -0.4 is 20.1 Å². The van der Waals surface area contributed by atoms with Gasteiger partial charge in [-0.1, -0.05) is 23.8 Å². The molecule has 1 aliphatic heterocycles. The molecule has 0 spiro atoms. The van der Waals surface area contributed by atoms with Crippen LogP contribution in [0.2, 0.25) is 0 Å². The van der Waals surface area contributed by atoms with Crippen LogP contribution in [-0.4, -0.2) is 43.6 Å². The maximum atomic E-state index is 12.3. The van der Waals surface area contributed by atoms with Crippen molar-refractivity contribution in [2.45, 2.75) is 19.9 Å². The lowest BCUT2D eigenvalue weighted by Crippen LogP contribution is -2.39. The van der Waals surface area contributed by atoms with Gasteiger partial charge in [0.1, 0.15) is 0 Å². The predicted octanol–water partition coefficient (Wildman–Crippen LogP) is 2.47. The molecule has 28 heavy (non-hydrogen) atoms. The minimum absolute atomic E-state index is 0.121. The number of nitrogens with one attached hydrogen (secondary N) is 2. The zero-order valence-electron chi connectivity index (χ0n) is 16.3. The number of hydrogen-bond donors (Lipinski definition) is 2. The van der Waals surface area contributed by atoms with E-state index in [4.69, 9.17) is 9.47 Å². The fourth-order valence-electron chi connectivity index (χ4n) is 2.94. The van der Waals surface area contributed by atoms with Crippen LogP contribution >= 0.6 is 0 Å². The number of ether oxygens (including phenoxy) is 2. The van der Waals surface area contributed by atoms with Gasteiger partial charge in [0.05, 0.1) is 19.1 Å². The molecule has 2 amide bonds. The lowest BCUT2D eigenvalue weighted by molar-refractivity contribution is -0.123. The standard InChI is InChI=1S/C21H25N3O4/c1-14-4-7-17(8-5-14)23-21(26)12-24(3)11-20(25)22-15(2)16-6-9-18-19(10-16)28-13-27-18/h4-10,15H,11-13H2,1-3H3,(H,22,25)(H,23,26)/t15-/m0/s1. The summed E-state index contributed by atoms with van der Waals surface area (Å²) in [5, 5.41) is 5.76. The largest absolute Gasteiger partial charge is 0.454 e. The van der Waals surface area contributed by atoms with Crippen molar-refractivity contribution in [1.29, 1.82) is 0 Å². The van der Waals surface area contributed by atoms with E-state index in [0.29, 0.717) is 11.5 Å². The van der Waals surface area contributed by atoms with Gasteiger partial charge in [0.15, 0.2) is 11.5 Å². The number of amides is 2. The summed E-state index contributed by atoms with van der Waals surface area (Å²) in [6, 6.07) is 13.0. The smallest absolute Gasteiger partial charge is 0.238 e. The van der Waals surface area contributed by atoms with Gasteiger partial charge < -0.3 is 20.1 Å². The molecule has 7 nitrogen and oxygen atoms in total. The molecular formula is C21H25N3O4. The van der Waals surface area contributed by atoms with Gasteiger partial charge >= 0.3 is 0 Å². The van der Waals surface area contributed by atoms with E-state index >= 15 is 0 Å². The Morgan fingerprint density at radius 1 is 1.04 bits per heavy atom. The number of nitrogens with zero attached hydrogens (tertiary/aromatic N) is 1. The summed E-state index contributed by atoms with van der Waals surface area (Å²) in [5.41, 5.74) is 2.80. The van der Waals surface area contributed by atoms with Crippen molar-refractivity contribution in [1.82, 2.24) is 10.2 Å². The molecule has 0 fully saturated rings. The fraction of sp³-hybridized carbons (Fsp3) is 0.333. The molecule has 0 saturated carbocycles. The highest BCUT2D eigenvalue weighted by Crippen LogP contribution is 2.34. The molecule has 0 saturated heterocycles. The van der Waals surface area contributed by atoms with Gasteiger partial charge in [0.2, 0.25) is 18.6 Å². The van der Waals surface area contributed by atoms with E-state index in [0.717, 1.165) is 16.8 Å². The van der Waals surface area contributed by atoms with E-state index in [1.165, 1.54) is 0 Å². The van der Waals surface area contributed by atoms with Gasteiger partial charge in [0, 0.05) is 5.69 Å². The second-order valence-corrected chi connectivity index (χ2v) is 6.99. The van der Waals surface area contributed by atoms with Gasteiger partial charge in [0.25, 0.3) is 0 Å². The first-order valence-electron chi connectivity index (χ1n) is 9.14. The number of fused-ring (bicyclic) bond motifs is 1. The molecule has 1 heterocycles. The fourth-order valence-corrected chi connectivity index (χ4v) is 2.94. The van der Waals surface area contributed by atoms with E-state index in [-0.39, 0.29) is 37.7 Å². The van der Waals surface area contributed by atoms with Crippen LogP contribution in [0.1, 0.15) is 24.1 Å². The van der Waals surface area contributed by atoms with Gasteiger partial charge in [-0.2, -0.15) is 0 Å². The van der Waals surface area contributed by atoms with Gasteiger partial charge in [-0.05, 0) is 50.7 Å². The molecule has 1 aliphatic rings. The second kappa shape index (κ2) is 8.75. The number of aryl methyl sites for hydroxylation is 1. The quantitative estimate of drug-likeness (QED) is 0.768. The minimum Gasteiger partial charge on any atom is -0.454 e. The van der Waals surface area contributed by atoms with Crippen LogP contribution in [0.5, 0.6) is 11.5 Å². The van der Waals surface area contributed by atoms with E-state index in [9.17, 15) is 9.59 Å². The maximum absolute atomic E-state index is 12.3. The highest BCUT2D eigenvalue weighted by Gasteiger charge is 2.18. The molecule has 0 bridgehead atoms. The van der Waals surface area contributed by atoms with Crippen LogP contribution in [0.15, 0.2) is 42.5 Å². The zero-order valence-corrected chi connectivity index (χ0v) is 16.3. The number of likely N-dealkylation sites (N-methyl/N-ethyl adjacent to an activating group) is 1. The van der Waals surface area contributed by atoms with Crippen molar-refractivity contribution < 1.29 is 19.1 Å². The first kappa shape index (κ1) is 19.7. The Hall–Kier alpha value is -3.06. The van der Waals surface area contributed by atoms with Gasteiger partial charge in [-0.25, -0.2) is 0 Å². The van der Waals surface area contributed by atoms with E-state index in [2.05, 4.69) is 10.6 Å². The number of carbonyl (C=O) groups is 2. The molecule has 7 heteroatoms. The highest BCUT2D eigenvalue weighted by molar-refractivity contribution is 5.92. The van der Waals surface area contributed by atoms with Gasteiger partial charge in [-0.15, -0.1) is 0 Å². The number of carbonyl (C=O) groups excluding carboxylic acids is 2. The number of rotatable bonds is 7. The molecule has 0 unspecified atom stereocenters. The normalized spacial score (nSPS) is 13.3. The average molecular weight is 383 g/mol. The number of anilines is 1. The third kappa shape index (κ3) is 5.23. The van der Waals surface area contributed by atoms with Crippen molar-refractivity contribution in [3.8, 4) is 11.5 Å². The SMILES string of the molecule is Cc1ccc(NC(=O)CN(C)CC(=O)N[C@@H](C)c2ccc3c(c2)OCO3)cc1. The van der Waals surface area contributed by atoms with Crippen molar-refractivity contribution in [2.75, 3.05) is 32.2 Å². The molecule has 2 aromatic carbocycles. The zero-order chi connectivity index (χ0) is 20.1. The third-order valence-corrected chi connectivity index (χ3v) is 4.44. The Morgan fingerprint density at radius 3 is 2.46 bits per heavy atom. The number of benzene rings is 2. The summed E-state index contributed by atoms with van der Waals surface area (Å²) in [6.07, 6.45) is 0. The minimum atomic E-state index is -0.184. The second-order valence-electron chi connectivity index (χ2n) is 6.99. The van der Waals surface area contributed by atoms with Crippen LogP contribution in [0.4, 0.5) is 5.69 Å². The third-order valence-electron chi connectivity index (χ3n) is 4.44. The number of hydrogen-bond acceptors (Lipinski definition) is 5. The summed E-state index contributed by atoms with van der Waals surface area (Å²) in [6.45, 7) is 4.35. The summed E-state index contributed by atoms with van der Waals surface area (Å²) in [7, 11) is 1.74. The molecule has 2 N–H and O–H groups in total. The average Bonchev–Trinajstić information content (AvgIpc) is 3.10. The predicted molar refractivity (Wildman–Crippen MR) is 106 cm³/mol. The molecule has 0 aliphatic carbocycles. The first-order valence-corrected chi connectivity index (χ1v) is 9.14. The first-order chi connectivity index (χ1) is 13.4. The van der Waals surface area contributed by atoms with Crippen LogP contribution in [0, 0.1) is 6.92 Å². The Bertz CT molecular complexity index is 851. The van der Waals surface area contributed by atoms with Crippen LogP contribution in [-0.2, 0) is 9.59 Å². The Morgan fingerprint density at radius 2 is 1.71 bits per heavy atom. The topological polar surface area (TPSA) is 79.9 Å². The van der Waals surface area contributed by atoms with E-state index in [1.54, 1.807) is 11.9 Å². The van der Waals surface area contributed by atoms with Crippen molar-refractivity contribution >= 4 is 17.5 Å². The van der Waals surface area contributed by atoms with E-state index < -0.39 is 0 Å². The Balaban J connectivity index is 1.45. The molecule has 148 valence electrons. The Labute approximate surface area is 164 Å². The summed E-state index contributed by atoms with van der Waals surface area (Å²) < 4.78 is 10.7. The maximum Gasteiger partial charge on any atom is 0.238 e. The van der Waals surface area contributed by atoms with Crippen molar-refractivity contribution in [3.63, 3.8) is 0 Å². The highest BCUT2D eigenvalue weighted by atomic mass is 16.7. The summed E-state index contributed by atoms with van der Waals surface area (Å²) in [4.78, 5) is 26.1.